The fourth-order valence-electron chi connectivity index (χ4n) is 1.87. The molecular weight excluding hydrogens is 222 g/mol. The van der Waals surface area contributed by atoms with Crippen LogP contribution in [0, 0.1) is 0 Å². The van der Waals surface area contributed by atoms with E-state index < -0.39 is 12.1 Å². The number of carbonyl (C=O) groups is 2. The van der Waals surface area contributed by atoms with Gasteiger partial charge in [0.2, 0.25) is 5.91 Å². The molecule has 0 saturated heterocycles. The Hall–Kier alpha value is -1.88. The van der Waals surface area contributed by atoms with Gasteiger partial charge in [0, 0.05) is 5.69 Å². The van der Waals surface area contributed by atoms with Gasteiger partial charge in [-0.1, -0.05) is 12.1 Å². The standard InChI is InChI=1S/C12H13NO4/c14-10(12(16)17)4-2-7-1-3-9-8(5-7)6-11(15)13-9/h1,3,5,10,14H,2,4,6H2,(H,13,15)(H,16,17). The minimum atomic E-state index is -1.33. The Balaban J connectivity index is 2.02. The molecule has 1 aliphatic heterocycles. The summed E-state index contributed by atoms with van der Waals surface area (Å²) in [6.45, 7) is 0. The van der Waals surface area contributed by atoms with Crippen LogP contribution in [0.2, 0.25) is 0 Å². The Morgan fingerprint density at radius 3 is 2.94 bits per heavy atom. The molecule has 0 bridgehead atoms. The summed E-state index contributed by atoms with van der Waals surface area (Å²) in [5, 5.41) is 20.4. The van der Waals surface area contributed by atoms with Crippen molar-refractivity contribution in [1.82, 2.24) is 0 Å². The third kappa shape index (κ3) is 2.62. The molecule has 1 amide bonds. The molecule has 2 rings (SSSR count). The molecule has 1 atom stereocenters. The van der Waals surface area contributed by atoms with Crippen LogP contribution in [-0.2, 0) is 22.4 Å². The molecule has 0 radical (unpaired) electrons. The predicted octanol–water partition coefficient (Wildman–Crippen LogP) is 0.559. The van der Waals surface area contributed by atoms with Crippen LogP contribution in [0.25, 0.3) is 0 Å². The number of aliphatic hydroxyl groups is 1. The molecule has 1 aromatic rings. The van der Waals surface area contributed by atoms with Crippen LogP contribution in [0.1, 0.15) is 17.5 Å². The summed E-state index contributed by atoms with van der Waals surface area (Å²) in [5.74, 6) is -1.23. The monoisotopic (exact) mass is 235 g/mol. The zero-order valence-corrected chi connectivity index (χ0v) is 9.14. The highest BCUT2D eigenvalue weighted by molar-refractivity contribution is 5.99. The molecule has 1 unspecified atom stereocenters. The third-order valence-electron chi connectivity index (χ3n) is 2.79. The number of benzene rings is 1. The number of aryl methyl sites for hydroxylation is 1. The average Bonchev–Trinajstić information content (AvgIpc) is 2.64. The van der Waals surface area contributed by atoms with Crippen LogP contribution in [0.15, 0.2) is 18.2 Å². The number of carboxylic acid groups (broad SMARTS) is 1. The highest BCUT2D eigenvalue weighted by Crippen LogP contribution is 2.24. The SMILES string of the molecule is O=C1Cc2cc(CCC(O)C(=O)O)ccc2N1. The van der Waals surface area contributed by atoms with Crippen molar-refractivity contribution < 1.29 is 19.8 Å². The van der Waals surface area contributed by atoms with Gasteiger partial charge in [0.05, 0.1) is 6.42 Å². The molecule has 0 fully saturated rings. The molecule has 5 nitrogen and oxygen atoms in total. The van der Waals surface area contributed by atoms with Gasteiger partial charge in [-0.25, -0.2) is 4.79 Å². The van der Waals surface area contributed by atoms with Crippen molar-refractivity contribution >= 4 is 17.6 Å². The third-order valence-corrected chi connectivity index (χ3v) is 2.79. The van der Waals surface area contributed by atoms with Gasteiger partial charge < -0.3 is 15.5 Å². The van der Waals surface area contributed by atoms with E-state index in [1.165, 1.54) is 0 Å². The summed E-state index contributed by atoms with van der Waals surface area (Å²) in [4.78, 5) is 21.6. The van der Waals surface area contributed by atoms with Gasteiger partial charge in [-0.3, -0.25) is 4.79 Å². The number of amides is 1. The normalized spacial score (nSPS) is 15.2. The van der Waals surface area contributed by atoms with Crippen LogP contribution in [0.4, 0.5) is 5.69 Å². The lowest BCUT2D eigenvalue weighted by Gasteiger charge is -2.06. The van der Waals surface area contributed by atoms with Crippen molar-refractivity contribution in [3.63, 3.8) is 0 Å². The highest BCUT2D eigenvalue weighted by Gasteiger charge is 2.18. The first kappa shape index (κ1) is 11.6. The largest absolute Gasteiger partial charge is 0.479 e. The topological polar surface area (TPSA) is 86.6 Å². The smallest absolute Gasteiger partial charge is 0.332 e. The molecule has 0 aliphatic carbocycles. The van der Waals surface area contributed by atoms with E-state index in [9.17, 15) is 9.59 Å². The first-order valence-electron chi connectivity index (χ1n) is 5.39. The quantitative estimate of drug-likeness (QED) is 0.711. The summed E-state index contributed by atoms with van der Waals surface area (Å²) in [7, 11) is 0. The van der Waals surface area contributed by atoms with E-state index >= 15 is 0 Å². The first-order chi connectivity index (χ1) is 8.06. The van der Waals surface area contributed by atoms with Crippen LogP contribution < -0.4 is 5.32 Å². The number of carboxylic acids is 1. The van der Waals surface area contributed by atoms with E-state index in [4.69, 9.17) is 10.2 Å². The lowest BCUT2D eigenvalue weighted by molar-refractivity contribution is -0.146. The van der Waals surface area contributed by atoms with Gasteiger partial charge in [-0.2, -0.15) is 0 Å². The van der Waals surface area contributed by atoms with Crippen LogP contribution in [-0.4, -0.2) is 28.2 Å². The molecule has 1 aromatic carbocycles. The second-order valence-electron chi connectivity index (χ2n) is 4.11. The van der Waals surface area contributed by atoms with Crippen molar-refractivity contribution in [3.8, 4) is 0 Å². The van der Waals surface area contributed by atoms with Gasteiger partial charge in [0.1, 0.15) is 0 Å². The van der Waals surface area contributed by atoms with Crippen molar-refractivity contribution in [2.24, 2.45) is 0 Å². The number of aliphatic hydroxyl groups excluding tert-OH is 1. The summed E-state index contributed by atoms with van der Waals surface area (Å²) >= 11 is 0. The molecular formula is C12H13NO4. The maximum absolute atomic E-state index is 11.1. The molecule has 3 N–H and O–H groups in total. The van der Waals surface area contributed by atoms with E-state index in [0.717, 1.165) is 16.8 Å². The van der Waals surface area contributed by atoms with Gasteiger partial charge in [0.25, 0.3) is 0 Å². The van der Waals surface area contributed by atoms with Crippen LogP contribution in [0.5, 0.6) is 0 Å². The number of carbonyl (C=O) groups excluding carboxylic acids is 1. The average molecular weight is 235 g/mol. The molecule has 0 aromatic heterocycles. The Morgan fingerprint density at radius 2 is 2.24 bits per heavy atom. The maximum atomic E-state index is 11.1. The molecule has 5 heteroatoms. The van der Waals surface area contributed by atoms with Gasteiger partial charge in [0.15, 0.2) is 6.10 Å². The summed E-state index contributed by atoms with van der Waals surface area (Å²) < 4.78 is 0. The molecule has 0 spiro atoms. The van der Waals surface area contributed by atoms with E-state index in [2.05, 4.69) is 5.32 Å². The summed E-state index contributed by atoms with van der Waals surface area (Å²) in [5.41, 5.74) is 2.68. The fourth-order valence-corrected chi connectivity index (χ4v) is 1.87. The number of fused-ring (bicyclic) bond motifs is 1. The minimum absolute atomic E-state index is 0.0253. The Bertz CT molecular complexity index is 470. The van der Waals surface area contributed by atoms with Crippen molar-refractivity contribution in [2.75, 3.05) is 5.32 Å². The number of hydrogen-bond acceptors (Lipinski definition) is 3. The Morgan fingerprint density at radius 1 is 1.47 bits per heavy atom. The number of aliphatic carboxylic acids is 1. The number of hydrogen-bond donors (Lipinski definition) is 3. The zero-order valence-electron chi connectivity index (χ0n) is 9.14. The first-order valence-corrected chi connectivity index (χ1v) is 5.39. The number of nitrogens with one attached hydrogen (secondary N) is 1. The maximum Gasteiger partial charge on any atom is 0.332 e. The second-order valence-corrected chi connectivity index (χ2v) is 4.11. The summed E-state index contributed by atoms with van der Waals surface area (Å²) in [6, 6.07) is 5.52. The Kier molecular flexibility index (Phi) is 3.10. The van der Waals surface area contributed by atoms with Crippen molar-refractivity contribution in [2.45, 2.75) is 25.4 Å². The minimum Gasteiger partial charge on any atom is -0.479 e. The van der Waals surface area contributed by atoms with Crippen molar-refractivity contribution in [1.29, 1.82) is 0 Å². The molecule has 1 heterocycles. The van der Waals surface area contributed by atoms with Crippen LogP contribution >= 0.6 is 0 Å². The van der Waals surface area contributed by atoms with Crippen molar-refractivity contribution in [3.05, 3.63) is 29.3 Å². The summed E-state index contributed by atoms with van der Waals surface area (Å²) in [6.07, 6.45) is -0.308. The van der Waals surface area contributed by atoms with Crippen LogP contribution in [0.3, 0.4) is 0 Å². The van der Waals surface area contributed by atoms with E-state index in [1.807, 2.05) is 18.2 Å². The highest BCUT2D eigenvalue weighted by atomic mass is 16.4. The molecule has 17 heavy (non-hydrogen) atoms. The van der Waals surface area contributed by atoms with Gasteiger partial charge >= 0.3 is 5.97 Å². The molecule has 90 valence electrons. The fraction of sp³-hybridized carbons (Fsp3) is 0.333. The molecule has 0 saturated carbocycles. The zero-order chi connectivity index (χ0) is 12.4. The lowest BCUT2D eigenvalue weighted by atomic mass is 10.0. The van der Waals surface area contributed by atoms with Gasteiger partial charge in [-0.15, -0.1) is 0 Å². The van der Waals surface area contributed by atoms with E-state index in [1.54, 1.807) is 0 Å². The van der Waals surface area contributed by atoms with Gasteiger partial charge in [-0.05, 0) is 30.0 Å². The lowest BCUT2D eigenvalue weighted by Crippen LogP contribution is -2.19. The predicted molar refractivity (Wildman–Crippen MR) is 60.7 cm³/mol. The van der Waals surface area contributed by atoms with E-state index in [0.29, 0.717) is 12.8 Å². The number of rotatable bonds is 4. The van der Waals surface area contributed by atoms with E-state index in [-0.39, 0.29) is 12.3 Å². The number of anilines is 1. The Labute approximate surface area is 98.1 Å². The second kappa shape index (κ2) is 4.55. The molecule has 1 aliphatic rings.